The molecule has 0 unspecified atom stereocenters. The lowest BCUT2D eigenvalue weighted by Crippen LogP contribution is -2.43. The van der Waals surface area contributed by atoms with Gasteiger partial charge in [0.1, 0.15) is 17.8 Å². The van der Waals surface area contributed by atoms with Crippen LogP contribution in [0.2, 0.25) is 5.28 Å². The van der Waals surface area contributed by atoms with Crippen molar-refractivity contribution >= 4 is 51.4 Å². The SMILES string of the molecule is CC(=O)SC[C@H]1O[C@@H](n2ncc3c(N(C(=O)OC(C)(C)C)C4CCCC4)nc(Cl)nc32)[C@@H]2OC(C)(C)O[C@@H]21. The van der Waals surface area contributed by atoms with Crippen LogP contribution in [0.5, 0.6) is 0 Å². The third-order valence-corrected chi connectivity index (χ3v) is 7.80. The fourth-order valence-corrected chi connectivity index (χ4v) is 6.15. The number of carbonyl (C=O) groups excluding carboxylic acids is 2. The summed E-state index contributed by atoms with van der Waals surface area (Å²) in [6, 6.07) is -0.0742. The van der Waals surface area contributed by atoms with Crippen molar-refractivity contribution in [2.24, 2.45) is 0 Å². The molecule has 0 bridgehead atoms. The maximum absolute atomic E-state index is 13.4. The number of fused-ring (bicyclic) bond motifs is 2. The molecule has 5 rings (SSSR count). The van der Waals surface area contributed by atoms with E-state index in [1.165, 1.54) is 18.7 Å². The molecule has 4 atom stereocenters. The number of anilines is 1. The molecule has 3 aliphatic rings. The highest BCUT2D eigenvalue weighted by Crippen LogP contribution is 2.45. The van der Waals surface area contributed by atoms with Crippen LogP contribution in [0, 0.1) is 0 Å². The summed E-state index contributed by atoms with van der Waals surface area (Å²) in [6.45, 7) is 10.7. The zero-order chi connectivity index (χ0) is 27.4. The highest BCUT2D eigenvalue weighted by atomic mass is 35.5. The number of nitrogens with zero attached hydrogens (tertiary/aromatic N) is 5. The summed E-state index contributed by atoms with van der Waals surface area (Å²) in [5.74, 6) is -0.0527. The Morgan fingerprint density at radius 1 is 1.21 bits per heavy atom. The predicted octanol–water partition coefficient (Wildman–Crippen LogP) is 4.86. The highest BCUT2D eigenvalue weighted by Gasteiger charge is 2.56. The molecule has 11 nitrogen and oxygen atoms in total. The second-order valence-electron chi connectivity index (χ2n) is 11.4. The van der Waals surface area contributed by atoms with Crippen molar-refractivity contribution in [2.45, 2.75) is 109 Å². The van der Waals surface area contributed by atoms with Gasteiger partial charge < -0.3 is 18.9 Å². The molecule has 208 valence electrons. The summed E-state index contributed by atoms with van der Waals surface area (Å²) in [5, 5.41) is 5.12. The van der Waals surface area contributed by atoms with Crippen LogP contribution in [0.15, 0.2) is 6.20 Å². The molecule has 3 fully saturated rings. The van der Waals surface area contributed by atoms with Gasteiger partial charge in [-0.3, -0.25) is 9.69 Å². The van der Waals surface area contributed by atoms with Crippen LogP contribution < -0.4 is 4.90 Å². The number of halogens is 1. The topological polar surface area (TPSA) is 118 Å². The molecule has 1 aliphatic carbocycles. The van der Waals surface area contributed by atoms with Gasteiger partial charge in [0.25, 0.3) is 0 Å². The minimum Gasteiger partial charge on any atom is -0.443 e. The molecular weight excluding hydrogens is 534 g/mol. The van der Waals surface area contributed by atoms with E-state index in [0.29, 0.717) is 22.6 Å². The normalized spacial score (nSPS) is 27.1. The lowest BCUT2D eigenvalue weighted by atomic mass is 10.1. The van der Waals surface area contributed by atoms with Crippen molar-refractivity contribution in [1.82, 2.24) is 19.7 Å². The molecule has 0 N–H and O–H groups in total. The number of amides is 1. The van der Waals surface area contributed by atoms with Gasteiger partial charge in [-0.2, -0.15) is 15.1 Å². The first-order valence-corrected chi connectivity index (χ1v) is 14.3. The number of thioether (sulfide) groups is 1. The van der Waals surface area contributed by atoms with E-state index in [-0.39, 0.29) is 16.4 Å². The lowest BCUT2D eigenvalue weighted by Gasteiger charge is -2.31. The van der Waals surface area contributed by atoms with Crippen LogP contribution >= 0.6 is 23.4 Å². The number of ether oxygens (including phenoxy) is 4. The van der Waals surface area contributed by atoms with Crippen molar-refractivity contribution in [3.8, 4) is 0 Å². The van der Waals surface area contributed by atoms with Gasteiger partial charge in [0.2, 0.25) is 5.28 Å². The molecule has 1 amide bonds. The van der Waals surface area contributed by atoms with Crippen LogP contribution in [0.1, 0.15) is 73.5 Å². The van der Waals surface area contributed by atoms with E-state index >= 15 is 0 Å². The van der Waals surface area contributed by atoms with Crippen LogP contribution in [-0.4, -0.2) is 72.5 Å². The second kappa shape index (κ2) is 10.2. The van der Waals surface area contributed by atoms with E-state index in [2.05, 4.69) is 15.1 Å². The average molecular weight is 568 g/mol. The summed E-state index contributed by atoms with van der Waals surface area (Å²) in [6.07, 6.45) is 2.86. The molecule has 2 saturated heterocycles. The number of hydrogen-bond donors (Lipinski definition) is 0. The quantitative estimate of drug-likeness (QED) is 0.463. The van der Waals surface area contributed by atoms with E-state index in [4.69, 9.17) is 30.5 Å². The minimum atomic E-state index is -0.826. The smallest absolute Gasteiger partial charge is 0.416 e. The van der Waals surface area contributed by atoms with E-state index < -0.39 is 42.0 Å². The third kappa shape index (κ3) is 5.51. The van der Waals surface area contributed by atoms with Crippen LogP contribution in [0.3, 0.4) is 0 Å². The van der Waals surface area contributed by atoms with Crippen LogP contribution in [-0.2, 0) is 23.7 Å². The molecule has 0 spiro atoms. The standard InChI is InChI=1S/C25H34ClN5O6S/c1-13(32)38-12-16-17-18(36-25(5,6)35-17)21(34-16)31-20-15(11-27-31)19(28-22(26)29-20)30(14-9-7-8-10-14)23(33)37-24(2,3)4/h11,14,16-18,21H,7-10,12H2,1-6H3/t16-,17-,18-,21-/m1/s1. The number of hydrogen-bond acceptors (Lipinski definition) is 10. The summed E-state index contributed by atoms with van der Waals surface area (Å²) in [5.41, 5.74) is -0.274. The van der Waals surface area contributed by atoms with Gasteiger partial charge in [-0.25, -0.2) is 9.48 Å². The van der Waals surface area contributed by atoms with Gasteiger partial charge in [0, 0.05) is 18.7 Å². The third-order valence-electron chi connectivity index (χ3n) is 6.73. The van der Waals surface area contributed by atoms with Crippen LogP contribution in [0.4, 0.5) is 10.6 Å². The van der Waals surface area contributed by atoms with Crippen molar-refractivity contribution in [1.29, 1.82) is 0 Å². The lowest BCUT2D eigenvalue weighted by molar-refractivity contribution is -0.195. The first-order valence-electron chi connectivity index (χ1n) is 12.9. The van der Waals surface area contributed by atoms with Crippen molar-refractivity contribution in [3.05, 3.63) is 11.5 Å². The first kappa shape index (κ1) is 27.6. The molecule has 13 heteroatoms. The molecule has 0 aromatic carbocycles. The van der Waals surface area contributed by atoms with E-state index in [0.717, 1.165) is 25.7 Å². The Morgan fingerprint density at radius 3 is 2.55 bits per heavy atom. The average Bonchev–Trinajstić information content (AvgIpc) is 3.55. The fourth-order valence-electron chi connectivity index (χ4n) is 5.33. The largest absolute Gasteiger partial charge is 0.443 e. The summed E-state index contributed by atoms with van der Waals surface area (Å²) < 4.78 is 26.1. The Labute approximate surface area is 230 Å². The Kier molecular flexibility index (Phi) is 7.40. The van der Waals surface area contributed by atoms with Crippen molar-refractivity contribution in [3.63, 3.8) is 0 Å². The number of rotatable bonds is 5. The van der Waals surface area contributed by atoms with Gasteiger partial charge in [-0.05, 0) is 59.1 Å². The fraction of sp³-hybridized carbons (Fsp3) is 0.720. The second-order valence-corrected chi connectivity index (χ2v) is 12.9. The van der Waals surface area contributed by atoms with Gasteiger partial charge >= 0.3 is 6.09 Å². The molecule has 2 aromatic rings. The van der Waals surface area contributed by atoms with E-state index in [9.17, 15) is 9.59 Å². The Balaban J connectivity index is 1.54. The maximum Gasteiger partial charge on any atom is 0.416 e. The van der Waals surface area contributed by atoms with Gasteiger partial charge in [-0.1, -0.05) is 24.6 Å². The molecule has 1 saturated carbocycles. The zero-order valence-corrected chi connectivity index (χ0v) is 24.0. The summed E-state index contributed by atoms with van der Waals surface area (Å²) in [7, 11) is 0. The van der Waals surface area contributed by atoms with Gasteiger partial charge in [0.15, 0.2) is 28.6 Å². The highest BCUT2D eigenvalue weighted by molar-refractivity contribution is 8.13. The Hall–Kier alpha value is -1.99. The number of aromatic nitrogens is 4. The summed E-state index contributed by atoms with van der Waals surface area (Å²) >= 11 is 7.62. The van der Waals surface area contributed by atoms with Crippen LogP contribution in [0.25, 0.3) is 11.0 Å². The molecule has 4 heterocycles. The minimum absolute atomic E-state index is 0.00498. The van der Waals surface area contributed by atoms with Crippen molar-refractivity contribution < 1.29 is 28.5 Å². The van der Waals surface area contributed by atoms with Gasteiger partial charge in [0.05, 0.1) is 17.7 Å². The summed E-state index contributed by atoms with van der Waals surface area (Å²) in [4.78, 5) is 35.6. The first-order chi connectivity index (χ1) is 17.8. The monoisotopic (exact) mass is 567 g/mol. The molecule has 2 aromatic heterocycles. The molecule has 2 aliphatic heterocycles. The zero-order valence-electron chi connectivity index (χ0n) is 22.5. The Bertz CT molecular complexity index is 1230. The Morgan fingerprint density at radius 2 is 1.89 bits per heavy atom. The number of carbonyl (C=O) groups is 2. The maximum atomic E-state index is 13.4. The van der Waals surface area contributed by atoms with E-state index in [1.807, 2.05) is 34.6 Å². The van der Waals surface area contributed by atoms with E-state index in [1.54, 1.807) is 15.8 Å². The predicted molar refractivity (Wildman–Crippen MR) is 142 cm³/mol. The molecule has 0 radical (unpaired) electrons. The van der Waals surface area contributed by atoms with Crippen molar-refractivity contribution in [2.75, 3.05) is 10.7 Å². The molecular formula is C25H34ClN5O6S. The van der Waals surface area contributed by atoms with Gasteiger partial charge in [-0.15, -0.1) is 0 Å². The molecule has 38 heavy (non-hydrogen) atoms.